The van der Waals surface area contributed by atoms with Crippen LogP contribution in [0.3, 0.4) is 0 Å². The summed E-state index contributed by atoms with van der Waals surface area (Å²) in [5.74, 6) is 0. The second-order valence-corrected chi connectivity index (χ2v) is 11.7. The van der Waals surface area contributed by atoms with Crippen LogP contribution in [0.4, 0.5) is 0 Å². The monoisotopic (exact) mass is 264 g/mol. The summed E-state index contributed by atoms with van der Waals surface area (Å²) in [6, 6.07) is 0. The summed E-state index contributed by atoms with van der Waals surface area (Å²) in [5, 5.41) is 0. The van der Waals surface area contributed by atoms with Crippen LogP contribution in [0.1, 0.15) is 0 Å². The van der Waals surface area contributed by atoms with Crippen molar-refractivity contribution < 1.29 is 0 Å². The van der Waals surface area contributed by atoms with Crippen molar-refractivity contribution in [2.45, 2.75) is 0 Å². The zero-order chi connectivity index (χ0) is 4.24. The van der Waals surface area contributed by atoms with E-state index in [4.69, 9.17) is 0 Å². The van der Waals surface area contributed by atoms with E-state index >= 15 is 0 Å². The van der Waals surface area contributed by atoms with Gasteiger partial charge in [-0.2, -0.15) is 0 Å². The van der Waals surface area contributed by atoms with Crippen LogP contribution in [0, 0.1) is 0 Å². The average Bonchev–Trinajstić information content (AvgIpc) is 1.72. The molecule has 1 aliphatic heterocycles. The van der Waals surface area contributed by atoms with Crippen LogP contribution in [0.25, 0.3) is 0 Å². The Morgan fingerprint density at radius 2 is 1.00 bits per heavy atom. The molecule has 6 heavy (non-hydrogen) atoms. The topological polar surface area (TPSA) is 0 Å². The van der Waals surface area contributed by atoms with Crippen LogP contribution >= 0.6 is 0 Å². The van der Waals surface area contributed by atoms with Crippen LogP contribution in [0.5, 0.6) is 0 Å². The molecular weight excluding hydrogens is 261 g/mol. The van der Waals surface area contributed by atoms with Gasteiger partial charge in [-0.05, 0) is 0 Å². The quantitative estimate of drug-likeness (QED) is 0.462. The molecule has 3 heteroatoms. The van der Waals surface area contributed by atoms with Gasteiger partial charge in [0.25, 0.3) is 0 Å². The summed E-state index contributed by atoms with van der Waals surface area (Å²) in [6.45, 7) is 0. The van der Waals surface area contributed by atoms with Gasteiger partial charge in [0.2, 0.25) is 0 Å². The van der Waals surface area contributed by atoms with Crippen molar-refractivity contribution in [1.82, 2.24) is 0 Å². The summed E-state index contributed by atoms with van der Waals surface area (Å²) < 4.78 is 7.48. The second kappa shape index (κ2) is 3.31. The molecule has 30 valence electrons. The molecular formula is C3H3As3. The normalized spacial score (nSPS) is 24.0. The first-order chi connectivity index (χ1) is 3.00. The van der Waals surface area contributed by atoms with Crippen molar-refractivity contribution in [3.8, 4) is 0 Å². The SMILES string of the molecule is C1=[As]C=[As]C=[As]1. The maximum absolute atomic E-state index is 2.49. The molecule has 1 rings (SSSR count). The van der Waals surface area contributed by atoms with Crippen molar-refractivity contribution in [3.63, 3.8) is 0 Å². The summed E-state index contributed by atoms with van der Waals surface area (Å²) in [6.07, 6.45) is 0. The molecule has 0 saturated heterocycles. The molecule has 0 N–H and O–H groups in total. The zero-order valence-electron chi connectivity index (χ0n) is 3.07. The Hall–Kier alpha value is 1.29. The minimum atomic E-state index is 0.633. The standard InChI is InChI=1S/C3H3As3/c1-4-2-6-3-5-1/h1-3H. The predicted molar refractivity (Wildman–Crippen MR) is 35.5 cm³/mol. The first-order valence-electron chi connectivity index (χ1n) is 1.55. The van der Waals surface area contributed by atoms with E-state index in [0.29, 0.717) is 45.9 Å². The van der Waals surface area contributed by atoms with Gasteiger partial charge in [-0.1, -0.05) is 0 Å². The molecule has 0 bridgehead atoms. The van der Waals surface area contributed by atoms with E-state index in [0.717, 1.165) is 0 Å². The Morgan fingerprint density at radius 1 is 0.667 bits per heavy atom. The molecule has 0 aromatic carbocycles. The van der Waals surface area contributed by atoms with Gasteiger partial charge in [-0.15, -0.1) is 0 Å². The Kier molecular flexibility index (Phi) is 2.99. The number of rotatable bonds is 0. The van der Waals surface area contributed by atoms with Crippen molar-refractivity contribution in [1.29, 1.82) is 0 Å². The summed E-state index contributed by atoms with van der Waals surface area (Å²) in [4.78, 5) is 0. The third kappa shape index (κ3) is 1.83. The van der Waals surface area contributed by atoms with Crippen LogP contribution in [-0.4, -0.2) is 56.7 Å². The third-order valence-corrected chi connectivity index (χ3v) is 10.8. The number of hydrogen-bond donors (Lipinski definition) is 0. The number of hydrogen-bond acceptors (Lipinski definition) is 0. The van der Waals surface area contributed by atoms with Crippen molar-refractivity contribution in [3.05, 3.63) is 0 Å². The van der Waals surface area contributed by atoms with Gasteiger partial charge in [0.05, 0.1) is 0 Å². The average molecular weight is 264 g/mol. The van der Waals surface area contributed by atoms with Crippen molar-refractivity contribution in [2.75, 3.05) is 0 Å². The van der Waals surface area contributed by atoms with Gasteiger partial charge in [-0.25, -0.2) is 0 Å². The molecule has 0 aliphatic carbocycles. The Balaban J connectivity index is 2.77. The third-order valence-electron chi connectivity index (χ3n) is 0.400. The van der Waals surface area contributed by atoms with Gasteiger partial charge < -0.3 is 0 Å². The molecule has 0 atom stereocenters. The van der Waals surface area contributed by atoms with Gasteiger partial charge in [0, 0.05) is 0 Å². The molecule has 1 aliphatic rings. The van der Waals surface area contributed by atoms with E-state index in [2.05, 4.69) is 10.8 Å². The van der Waals surface area contributed by atoms with Crippen LogP contribution in [0.2, 0.25) is 0 Å². The van der Waals surface area contributed by atoms with Gasteiger partial charge in [0.15, 0.2) is 0 Å². The molecule has 0 aromatic rings. The maximum atomic E-state index is 2.49. The Labute approximate surface area is 56.4 Å². The molecule has 0 amide bonds. The fourth-order valence-electron chi connectivity index (χ4n) is 0.205. The minimum absolute atomic E-state index is 0.633. The fourth-order valence-corrected chi connectivity index (χ4v) is 15.7. The van der Waals surface area contributed by atoms with Gasteiger partial charge in [0.1, 0.15) is 0 Å². The van der Waals surface area contributed by atoms with E-state index in [1.165, 1.54) is 0 Å². The molecule has 0 saturated carbocycles. The van der Waals surface area contributed by atoms with Crippen molar-refractivity contribution >= 4 is 56.7 Å². The van der Waals surface area contributed by atoms with E-state index in [1.807, 2.05) is 0 Å². The summed E-state index contributed by atoms with van der Waals surface area (Å²) in [7, 11) is 0. The Morgan fingerprint density at radius 3 is 1.17 bits per heavy atom. The first kappa shape index (κ1) is 5.42. The molecule has 1 heterocycles. The molecule has 0 radical (unpaired) electrons. The molecule has 0 fully saturated rings. The molecule has 0 nitrogen and oxygen atoms in total. The second-order valence-electron chi connectivity index (χ2n) is 0.794. The van der Waals surface area contributed by atoms with E-state index in [-0.39, 0.29) is 0 Å². The van der Waals surface area contributed by atoms with Gasteiger partial charge in [-0.3, -0.25) is 0 Å². The van der Waals surface area contributed by atoms with E-state index in [1.54, 1.807) is 0 Å². The van der Waals surface area contributed by atoms with Crippen LogP contribution in [-0.2, 0) is 0 Å². The molecule has 0 unspecified atom stereocenters. The van der Waals surface area contributed by atoms with E-state index < -0.39 is 0 Å². The van der Waals surface area contributed by atoms with E-state index in [9.17, 15) is 0 Å². The predicted octanol–water partition coefficient (Wildman–Crippen LogP) is -1.61. The Bertz CT molecular complexity index is 75.4. The summed E-state index contributed by atoms with van der Waals surface area (Å²) in [5.41, 5.74) is 0. The summed E-state index contributed by atoms with van der Waals surface area (Å²) >= 11 is 1.90. The molecule has 0 spiro atoms. The van der Waals surface area contributed by atoms with Crippen LogP contribution in [0.15, 0.2) is 0 Å². The van der Waals surface area contributed by atoms with Gasteiger partial charge >= 0.3 is 56.7 Å². The first-order valence-corrected chi connectivity index (χ1v) is 8.05. The fraction of sp³-hybridized carbons (Fsp3) is 0. The zero-order valence-corrected chi connectivity index (χ0v) is 8.70. The van der Waals surface area contributed by atoms with Crippen LogP contribution < -0.4 is 0 Å². The molecule has 0 aromatic heterocycles. The van der Waals surface area contributed by atoms with Crippen molar-refractivity contribution in [2.24, 2.45) is 0 Å².